The number of nitrogens with zero attached hydrogens (tertiary/aromatic N) is 1. The van der Waals surface area contributed by atoms with Gasteiger partial charge in [0.15, 0.2) is 6.10 Å². The number of ether oxygens (including phenoxy) is 3. The van der Waals surface area contributed by atoms with E-state index in [0.717, 1.165) is 37.0 Å². The van der Waals surface area contributed by atoms with Gasteiger partial charge in [0.2, 0.25) is 0 Å². The van der Waals surface area contributed by atoms with Crippen molar-refractivity contribution < 1.29 is 24.1 Å². The van der Waals surface area contributed by atoms with Gasteiger partial charge in [-0.05, 0) is 43.4 Å². The van der Waals surface area contributed by atoms with Crippen LogP contribution in [-0.2, 0) is 16.0 Å². The van der Waals surface area contributed by atoms with Crippen LogP contribution in [-0.4, -0.2) is 54.7 Å². The Labute approximate surface area is 179 Å². The van der Waals surface area contributed by atoms with Gasteiger partial charge in [-0.1, -0.05) is 50.0 Å². The lowest BCUT2D eigenvalue weighted by molar-refractivity contribution is 0.0309. The smallest absolute Gasteiger partial charge is 0.410 e. The maximum atomic E-state index is 12.4. The number of fused-ring (bicyclic) bond motifs is 1. The lowest BCUT2D eigenvalue weighted by atomic mass is 10.0. The molecule has 2 saturated heterocycles. The van der Waals surface area contributed by atoms with E-state index in [1.807, 2.05) is 24.3 Å². The summed E-state index contributed by atoms with van der Waals surface area (Å²) in [5, 5.41) is 8.77. The lowest BCUT2D eigenvalue weighted by Crippen LogP contribution is -2.36. The standard InChI is InChI=1S/C24H35NO5/c1-28-20-14-12-19(13-15-20)17-25-21-18-29-22(23(21)30-24(25)27)11-9-7-5-3-2-4-6-8-10-16-26/h7,9,12-15,21-23,26H,2-6,8,10-11,16-18H2,1H3/b9-7+/t21-,22-,23-/m0/s1. The molecule has 166 valence electrons. The SMILES string of the molecule is COc1ccc(CN2C(=O)O[C@@H]3[C@H](C/C=C/CCCCCCCCO)OC[C@@H]32)cc1. The molecule has 0 unspecified atom stereocenters. The van der Waals surface area contributed by atoms with E-state index >= 15 is 0 Å². The Morgan fingerprint density at radius 2 is 1.83 bits per heavy atom. The summed E-state index contributed by atoms with van der Waals surface area (Å²) >= 11 is 0. The second-order valence-corrected chi connectivity index (χ2v) is 8.10. The molecule has 3 rings (SSSR count). The summed E-state index contributed by atoms with van der Waals surface area (Å²) in [7, 11) is 1.64. The maximum absolute atomic E-state index is 12.4. The van der Waals surface area contributed by atoms with Gasteiger partial charge in [0.1, 0.15) is 11.9 Å². The molecule has 3 atom stereocenters. The van der Waals surface area contributed by atoms with E-state index in [9.17, 15) is 4.79 Å². The summed E-state index contributed by atoms with van der Waals surface area (Å²) in [6, 6.07) is 7.74. The molecule has 2 fully saturated rings. The number of benzene rings is 1. The van der Waals surface area contributed by atoms with Gasteiger partial charge in [0, 0.05) is 13.2 Å². The number of aliphatic hydroxyl groups is 1. The minimum absolute atomic E-state index is 0.0167. The number of hydrogen-bond donors (Lipinski definition) is 1. The van der Waals surface area contributed by atoms with E-state index in [2.05, 4.69) is 12.2 Å². The Balaban J connectivity index is 1.38. The summed E-state index contributed by atoms with van der Waals surface area (Å²) in [5.41, 5.74) is 1.05. The molecule has 0 radical (unpaired) electrons. The third-order valence-electron chi connectivity index (χ3n) is 5.92. The third-order valence-corrected chi connectivity index (χ3v) is 5.92. The number of rotatable bonds is 13. The first-order chi connectivity index (χ1) is 14.7. The van der Waals surface area contributed by atoms with Crippen molar-refractivity contribution >= 4 is 6.09 Å². The molecule has 6 heteroatoms. The quantitative estimate of drug-likeness (QED) is 0.379. The monoisotopic (exact) mass is 417 g/mol. The number of aliphatic hydroxyl groups excluding tert-OH is 1. The Bertz CT molecular complexity index is 675. The van der Waals surface area contributed by atoms with Gasteiger partial charge >= 0.3 is 6.09 Å². The predicted octanol–water partition coefficient (Wildman–Crippen LogP) is 4.45. The summed E-state index contributed by atoms with van der Waals surface area (Å²) in [6.45, 7) is 1.36. The van der Waals surface area contributed by atoms with Crippen molar-refractivity contribution in [2.45, 2.75) is 76.2 Å². The van der Waals surface area contributed by atoms with E-state index in [-0.39, 0.29) is 24.3 Å². The summed E-state index contributed by atoms with van der Waals surface area (Å²) < 4.78 is 16.8. The van der Waals surface area contributed by atoms with Gasteiger partial charge in [-0.2, -0.15) is 0 Å². The molecule has 1 aromatic carbocycles. The summed E-state index contributed by atoms with van der Waals surface area (Å²) in [6.07, 6.45) is 12.7. The maximum Gasteiger partial charge on any atom is 0.410 e. The van der Waals surface area contributed by atoms with Crippen LogP contribution in [0, 0.1) is 0 Å². The van der Waals surface area contributed by atoms with Crippen molar-refractivity contribution in [1.82, 2.24) is 4.90 Å². The number of unbranched alkanes of at least 4 members (excludes halogenated alkanes) is 6. The Hall–Kier alpha value is -2.05. The van der Waals surface area contributed by atoms with Crippen LogP contribution in [0.2, 0.25) is 0 Å². The van der Waals surface area contributed by atoms with Gasteiger partial charge < -0.3 is 19.3 Å². The van der Waals surface area contributed by atoms with E-state index in [0.29, 0.717) is 19.8 Å². The fourth-order valence-electron chi connectivity index (χ4n) is 4.14. The molecule has 0 aromatic heterocycles. The van der Waals surface area contributed by atoms with Crippen LogP contribution in [0.1, 0.15) is 56.9 Å². The minimum Gasteiger partial charge on any atom is -0.497 e. The highest BCUT2D eigenvalue weighted by Gasteiger charge is 2.50. The summed E-state index contributed by atoms with van der Waals surface area (Å²) in [4.78, 5) is 14.2. The van der Waals surface area contributed by atoms with Crippen molar-refractivity contribution in [3.63, 3.8) is 0 Å². The van der Waals surface area contributed by atoms with Crippen LogP contribution in [0.3, 0.4) is 0 Å². The zero-order valence-electron chi connectivity index (χ0n) is 18.0. The van der Waals surface area contributed by atoms with Crippen molar-refractivity contribution in [3.8, 4) is 5.75 Å². The van der Waals surface area contributed by atoms with Crippen LogP contribution in [0.5, 0.6) is 5.75 Å². The van der Waals surface area contributed by atoms with E-state index in [1.165, 1.54) is 25.7 Å². The molecule has 6 nitrogen and oxygen atoms in total. The average Bonchev–Trinajstić information content (AvgIpc) is 3.29. The number of allylic oxidation sites excluding steroid dienone is 1. The topological polar surface area (TPSA) is 68.2 Å². The highest BCUT2D eigenvalue weighted by Crippen LogP contribution is 2.32. The third kappa shape index (κ3) is 6.22. The molecule has 1 N–H and O–H groups in total. The molecule has 30 heavy (non-hydrogen) atoms. The van der Waals surface area contributed by atoms with Gasteiger partial charge in [0.05, 0.1) is 19.8 Å². The Morgan fingerprint density at radius 3 is 2.57 bits per heavy atom. The van der Waals surface area contributed by atoms with Crippen molar-refractivity contribution in [3.05, 3.63) is 42.0 Å². The first-order valence-electron chi connectivity index (χ1n) is 11.2. The van der Waals surface area contributed by atoms with Gasteiger partial charge in [-0.3, -0.25) is 4.90 Å². The highest BCUT2D eigenvalue weighted by atomic mass is 16.6. The van der Waals surface area contributed by atoms with E-state index in [1.54, 1.807) is 12.0 Å². The molecule has 0 saturated carbocycles. The van der Waals surface area contributed by atoms with Gasteiger partial charge in [-0.15, -0.1) is 0 Å². The highest BCUT2D eigenvalue weighted by molar-refractivity contribution is 5.71. The molecular weight excluding hydrogens is 382 g/mol. The van der Waals surface area contributed by atoms with Crippen molar-refractivity contribution in [1.29, 1.82) is 0 Å². The predicted molar refractivity (Wildman–Crippen MR) is 115 cm³/mol. The molecule has 0 bridgehead atoms. The molecule has 0 spiro atoms. The van der Waals surface area contributed by atoms with Crippen LogP contribution in [0.15, 0.2) is 36.4 Å². The van der Waals surface area contributed by atoms with E-state index in [4.69, 9.17) is 19.3 Å². The number of methoxy groups -OCH3 is 1. The second kappa shape index (κ2) is 12.0. The molecule has 2 aliphatic heterocycles. The van der Waals surface area contributed by atoms with Crippen LogP contribution >= 0.6 is 0 Å². The summed E-state index contributed by atoms with van der Waals surface area (Å²) in [5.74, 6) is 0.804. The first kappa shape index (κ1) is 22.6. The van der Waals surface area contributed by atoms with E-state index < -0.39 is 0 Å². The fraction of sp³-hybridized carbons (Fsp3) is 0.625. The molecule has 2 heterocycles. The molecule has 2 aliphatic rings. The minimum atomic E-state index is -0.251. The largest absolute Gasteiger partial charge is 0.497 e. The second-order valence-electron chi connectivity index (χ2n) is 8.10. The number of carbonyl (C=O) groups is 1. The number of amides is 1. The zero-order valence-corrected chi connectivity index (χ0v) is 18.0. The van der Waals surface area contributed by atoms with Crippen molar-refractivity contribution in [2.24, 2.45) is 0 Å². The molecule has 1 aromatic rings. The van der Waals surface area contributed by atoms with Crippen LogP contribution in [0.4, 0.5) is 4.79 Å². The van der Waals surface area contributed by atoms with Gasteiger partial charge in [-0.25, -0.2) is 4.79 Å². The number of hydrogen-bond acceptors (Lipinski definition) is 5. The molecular formula is C24H35NO5. The van der Waals surface area contributed by atoms with Crippen molar-refractivity contribution in [2.75, 3.05) is 20.3 Å². The fourth-order valence-corrected chi connectivity index (χ4v) is 4.14. The first-order valence-corrected chi connectivity index (χ1v) is 11.2. The number of carbonyl (C=O) groups excluding carboxylic acids is 1. The van der Waals surface area contributed by atoms with Crippen LogP contribution < -0.4 is 4.74 Å². The lowest BCUT2D eigenvalue weighted by Gasteiger charge is -2.19. The van der Waals surface area contributed by atoms with Gasteiger partial charge in [0.25, 0.3) is 0 Å². The average molecular weight is 418 g/mol. The Morgan fingerprint density at radius 1 is 1.10 bits per heavy atom. The Kier molecular flexibility index (Phi) is 9.02. The zero-order chi connectivity index (χ0) is 21.2. The molecule has 1 amide bonds. The normalized spacial score (nSPS) is 23.2. The molecule has 0 aliphatic carbocycles. The van der Waals surface area contributed by atoms with Crippen LogP contribution in [0.25, 0.3) is 0 Å².